The van der Waals surface area contributed by atoms with Crippen LogP contribution in [0.4, 0.5) is 0 Å². The summed E-state index contributed by atoms with van der Waals surface area (Å²) in [6.45, 7) is 28.2. The van der Waals surface area contributed by atoms with Gasteiger partial charge in [-0.3, -0.25) is 14.4 Å². The Morgan fingerprint density at radius 3 is 1.01 bits per heavy atom. The van der Waals surface area contributed by atoms with E-state index in [0.29, 0.717) is 5.92 Å². The van der Waals surface area contributed by atoms with Crippen LogP contribution in [0.1, 0.15) is 304 Å². The lowest BCUT2D eigenvalue weighted by atomic mass is 9.87. The smallest absolute Gasteiger partial charge is 0.331 e. The quantitative estimate of drug-likeness (QED) is 0.0214. The molecule has 6 rings (SSSR count). The van der Waals surface area contributed by atoms with E-state index in [-0.39, 0.29) is 88.3 Å². The number of ether oxygens (including phenoxy) is 5. The highest BCUT2D eigenvalue weighted by atomic mass is 16.6. The van der Waals surface area contributed by atoms with Gasteiger partial charge < -0.3 is 39.6 Å². The minimum absolute atomic E-state index is 0.0579. The SMILES string of the molecule is CCC(C)(C)C(=O)NC1CCC(OC(=O)/C=C/c2ccc(C)cc2)CC1.CCCCC(CC)COc1ccc(/C=C/C(=O)OC2CCC(NC(=O)C(C)(C)CC)CC2)cc1.CCCCCCCCCCCCCCOc1ccc(/C=C/C(=O)OC2CCC(NC(=O)C(C)(C)CC)CC2)cc1. The molecule has 0 saturated heterocycles. The zero-order valence-electron chi connectivity index (χ0n) is 64.3. The van der Waals surface area contributed by atoms with Crippen molar-refractivity contribution in [1.29, 1.82) is 0 Å². The van der Waals surface area contributed by atoms with E-state index < -0.39 is 0 Å². The molecule has 0 bridgehead atoms. The maximum Gasteiger partial charge on any atom is 0.331 e. The Morgan fingerprint density at radius 1 is 0.400 bits per heavy atom. The van der Waals surface area contributed by atoms with Gasteiger partial charge in [-0.05, 0) is 181 Å². The van der Waals surface area contributed by atoms with Gasteiger partial charge >= 0.3 is 17.9 Å². The monoisotopic (exact) mass is 1380 g/mol. The summed E-state index contributed by atoms with van der Waals surface area (Å²) >= 11 is 0. The number of benzene rings is 3. The van der Waals surface area contributed by atoms with Crippen molar-refractivity contribution < 1.29 is 52.5 Å². The lowest BCUT2D eigenvalue weighted by Crippen LogP contribution is -2.45. The molecular formula is C86H133N3O11. The molecule has 3 saturated carbocycles. The van der Waals surface area contributed by atoms with Gasteiger partial charge in [0.25, 0.3) is 0 Å². The standard InChI is InChI=1S/C35H57NO4.C29H45NO4.C22H31NO3/c1-5-7-8-9-10-11-12-13-14-15-16-17-28-39-31-23-18-29(19-24-31)20-27-33(37)40-32-25-21-30(22-26-32)36-34(38)35(3,4)6-2;1-6-9-10-22(7-2)21-33-25-16-11-23(12-17-25)13-20-27(31)34-26-18-14-24(15-19-26)30-28(32)29(4,5)8-3;1-5-22(3,4)21(25)23-18-11-13-19(14-12-18)26-20(24)15-10-17-8-6-16(2)7-9-17/h18-20,23-24,27,30,32H,5-17,21-22,25-26,28H2,1-4H3,(H,36,38);11-13,16-17,20,22,24,26H,6-10,14-15,18-19,21H2,1-5H3,(H,30,32);6-10,15,18-19H,5,11-14H2,1-4H3,(H,23,25)/b27-20+;20-13+;15-10+. The summed E-state index contributed by atoms with van der Waals surface area (Å²) in [6, 6.07) is 24.2. The Kier molecular flexibility index (Phi) is 40.7. The Labute approximate surface area is 604 Å². The number of rotatable bonds is 39. The molecule has 0 radical (unpaired) electrons. The average Bonchev–Trinajstić information content (AvgIpc) is 0.920. The average molecular weight is 1390 g/mol. The molecule has 3 aliphatic carbocycles. The van der Waals surface area contributed by atoms with Gasteiger partial charge in [0.05, 0.1) is 13.2 Å². The summed E-state index contributed by atoms with van der Waals surface area (Å²) in [6.07, 6.45) is 42.7. The van der Waals surface area contributed by atoms with Gasteiger partial charge in [0.1, 0.15) is 29.8 Å². The molecule has 100 heavy (non-hydrogen) atoms. The summed E-state index contributed by atoms with van der Waals surface area (Å²) < 4.78 is 28.7. The third-order valence-electron chi connectivity index (χ3n) is 20.7. The van der Waals surface area contributed by atoms with Crippen molar-refractivity contribution in [3.05, 3.63) is 113 Å². The Bertz CT molecular complexity index is 2890. The Balaban J connectivity index is 0.000000325. The van der Waals surface area contributed by atoms with Crippen LogP contribution in [0.15, 0.2) is 91.0 Å². The van der Waals surface area contributed by atoms with E-state index in [1.54, 1.807) is 18.2 Å². The summed E-state index contributed by atoms with van der Waals surface area (Å²) in [4.78, 5) is 73.6. The van der Waals surface area contributed by atoms with Crippen molar-refractivity contribution in [2.24, 2.45) is 22.2 Å². The van der Waals surface area contributed by atoms with Crippen LogP contribution in [0, 0.1) is 29.1 Å². The highest BCUT2D eigenvalue weighted by Crippen LogP contribution is 2.29. The molecule has 14 nitrogen and oxygen atoms in total. The largest absolute Gasteiger partial charge is 0.494 e. The maximum atomic E-state index is 12.4. The molecule has 3 aromatic rings. The Hall–Kier alpha value is -6.70. The van der Waals surface area contributed by atoms with Crippen LogP contribution in [0.2, 0.25) is 0 Å². The molecule has 1 atom stereocenters. The molecule has 14 heteroatoms. The van der Waals surface area contributed by atoms with Crippen molar-refractivity contribution in [2.45, 2.75) is 325 Å². The first-order valence-electron chi connectivity index (χ1n) is 39.0. The first-order valence-corrected chi connectivity index (χ1v) is 39.0. The minimum atomic E-state index is -0.343. The maximum absolute atomic E-state index is 12.4. The number of carbonyl (C=O) groups excluding carboxylic acids is 6. The van der Waals surface area contributed by atoms with Crippen LogP contribution in [0.3, 0.4) is 0 Å². The summed E-state index contributed by atoms with van der Waals surface area (Å²) in [5, 5.41) is 9.47. The molecule has 1 unspecified atom stereocenters. The number of esters is 3. The first kappa shape index (κ1) is 85.7. The van der Waals surface area contributed by atoms with Crippen molar-refractivity contribution >= 4 is 53.9 Å². The normalized spacial score (nSPS) is 19.1. The second kappa shape index (κ2) is 47.5. The van der Waals surface area contributed by atoms with Crippen LogP contribution in [0.5, 0.6) is 11.5 Å². The highest BCUT2D eigenvalue weighted by Gasteiger charge is 2.33. The predicted molar refractivity (Wildman–Crippen MR) is 410 cm³/mol. The van der Waals surface area contributed by atoms with Gasteiger partial charge in [0, 0.05) is 52.6 Å². The van der Waals surface area contributed by atoms with Gasteiger partial charge in [-0.2, -0.15) is 0 Å². The fraction of sp³-hybridized carbons (Fsp3) is 0.651. The lowest BCUT2D eigenvalue weighted by Gasteiger charge is -2.31. The number of nitrogens with one attached hydrogen (secondary N) is 3. The fourth-order valence-electron chi connectivity index (χ4n) is 12.0. The van der Waals surface area contributed by atoms with Gasteiger partial charge in [-0.25, -0.2) is 14.4 Å². The third-order valence-corrected chi connectivity index (χ3v) is 20.7. The van der Waals surface area contributed by atoms with E-state index >= 15 is 0 Å². The van der Waals surface area contributed by atoms with E-state index in [4.69, 9.17) is 23.7 Å². The molecule has 3 aromatic carbocycles. The molecule has 558 valence electrons. The molecule has 0 aliphatic heterocycles. The molecule has 3 amide bonds. The van der Waals surface area contributed by atoms with E-state index in [0.717, 1.165) is 151 Å². The van der Waals surface area contributed by atoms with Gasteiger partial charge in [-0.1, -0.05) is 227 Å². The summed E-state index contributed by atoms with van der Waals surface area (Å²) in [5.74, 6) is 1.73. The highest BCUT2D eigenvalue weighted by molar-refractivity contribution is 5.88. The van der Waals surface area contributed by atoms with Crippen molar-refractivity contribution in [3.8, 4) is 11.5 Å². The van der Waals surface area contributed by atoms with Crippen LogP contribution in [0.25, 0.3) is 18.2 Å². The van der Waals surface area contributed by atoms with Crippen LogP contribution < -0.4 is 25.4 Å². The molecule has 3 N–H and O–H groups in total. The van der Waals surface area contributed by atoms with Gasteiger partial charge in [0.2, 0.25) is 17.7 Å². The Morgan fingerprint density at radius 2 is 0.700 bits per heavy atom. The number of carbonyl (C=O) groups is 6. The molecule has 3 aliphatic rings. The molecular weight excluding hydrogens is 1250 g/mol. The second-order valence-electron chi connectivity index (χ2n) is 30.4. The lowest BCUT2D eigenvalue weighted by molar-refractivity contribution is -0.145. The van der Waals surface area contributed by atoms with Crippen molar-refractivity contribution in [3.63, 3.8) is 0 Å². The molecule has 0 heterocycles. The number of hydrogen-bond donors (Lipinski definition) is 3. The first-order chi connectivity index (χ1) is 47.9. The zero-order chi connectivity index (χ0) is 73.2. The van der Waals surface area contributed by atoms with E-state index in [1.165, 1.54) is 114 Å². The fourth-order valence-corrected chi connectivity index (χ4v) is 12.0. The molecule has 0 aromatic heterocycles. The van der Waals surface area contributed by atoms with Crippen molar-refractivity contribution in [2.75, 3.05) is 13.2 Å². The predicted octanol–water partition coefficient (Wildman–Crippen LogP) is 20.3. The summed E-state index contributed by atoms with van der Waals surface area (Å²) in [5.41, 5.74) is 3.04. The number of aryl methyl sites for hydroxylation is 1. The van der Waals surface area contributed by atoms with E-state index in [1.807, 2.05) is 142 Å². The van der Waals surface area contributed by atoms with E-state index in [2.05, 4.69) is 36.7 Å². The number of unbranched alkanes of at least 4 members (excludes halogenated alkanes) is 12. The molecule has 0 spiro atoms. The number of hydrogen-bond acceptors (Lipinski definition) is 11. The number of amides is 3. The van der Waals surface area contributed by atoms with Gasteiger partial charge in [0.15, 0.2) is 0 Å². The van der Waals surface area contributed by atoms with Gasteiger partial charge in [-0.15, -0.1) is 0 Å². The van der Waals surface area contributed by atoms with Crippen LogP contribution in [-0.2, 0) is 43.0 Å². The van der Waals surface area contributed by atoms with Crippen LogP contribution >= 0.6 is 0 Å². The molecule has 3 fully saturated rings. The van der Waals surface area contributed by atoms with E-state index in [9.17, 15) is 28.8 Å². The van der Waals surface area contributed by atoms with Crippen molar-refractivity contribution in [1.82, 2.24) is 16.0 Å². The van der Waals surface area contributed by atoms with Crippen LogP contribution in [-0.4, -0.2) is 85.3 Å². The minimum Gasteiger partial charge on any atom is -0.494 e. The summed E-state index contributed by atoms with van der Waals surface area (Å²) in [7, 11) is 0. The zero-order valence-corrected chi connectivity index (χ0v) is 64.3. The second-order valence-corrected chi connectivity index (χ2v) is 30.4. The third kappa shape index (κ3) is 35.3. The topological polar surface area (TPSA) is 185 Å².